The van der Waals surface area contributed by atoms with E-state index >= 15 is 0 Å². The number of carbonyl (C=O) groups is 2. The van der Waals surface area contributed by atoms with E-state index in [0.29, 0.717) is 47.8 Å². The molecule has 2 aromatic carbocycles. The lowest BCUT2D eigenvalue weighted by molar-refractivity contribution is 0.0526. The Morgan fingerprint density at radius 3 is 2.25 bits per heavy atom. The van der Waals surface area contributed by atoms with E-state index in [-0.39, 0.29) is 24.1 Å². The molecule has 0 aliphatic heterocycles. The lowest BCUT2D eigenvalue weighted by Crippen LogP contribution is -2.11. The Morgan fingerprint density at radius 2 is 1.64 bits per heavy atom. The fraction of sp³-hybridized carbons (Fsp3) is 0.364. The van der Waals surface area contributed by atoms with Gasteiger partial charge in [-0.15, -0.1) is 0 Å². The molecule has 6 nitrogen and oxygen atoms in total. The zero-order valence-electron chi connectivity index (χ0n) is 16.5. The number of ketones is 1. The summed E-state index contributed by atoms with van der Waals surface area (Å²) < 4.78 is 16.3. The summed E-state index contributed by atoms with van der Waals surface area (Å²) in [4.78, 5) is 23.2. The Bertz CT molecular complexity index is 811. The maximum atomic E-state index is 11.6. The van der Waals surface area contributed by atoms with Crippen LogP contribution < -0.4 is 9.47 Å². The fourth-order valence-electron chi connectivity index (χ4n) is 2.74. The monoisotopic (exact) mass is 386 g/mol. The van der Waals surface area contributed by atoms with Crippen LogP contribution in [0.25, 0.3) is 0 Å². The lowest BCUT2D eigenvalue weighted by Gasteiger charge is -2.15. The molecule has 0 fully saturated rings. The Hall–Kier alpha value is -3.02. The van der Waals surface area contributed by atoms with Gasteiger partial charge in [0, 0.05) is 5.56 Å². The fourth-order valence-corrected chi connectivity index (χ4v) is 2.74. The van der Waals surface area contributed by atoms with Crippen molar-refractivity contribution < 1.29 is 28.9 Å². The molecule has 2 rings (SSSR count). The highest BCUT2D eigenvalue weighted by Crippen LogP contribution is 2.33. The van der Waals surface area contributed by atoms with Crippen molar-refractivity contribution in [1.82, 2.24) is 0 Å². The molecule has 0 unspecified atom stereocenters. The van der Waals surface area contributed by atoms with E-state index in [1.165, 1.54) is 6.92 Å². The molecule has 0 spiro atoms. The minimum absolute atomic E-state index is 0.0117. The minimum Gasteiger partial charge on any atom is -0.507 e. The molecule has 1 N–H and O–H groups in total. The van der Waals surface area contributed by atoms with Crippen LogP contribution in [-0.4, -0.2) is 36.7 Å². The van der Waals surface area contributed by atoms with Gasteiger partial charge >= 0.3 is 5.97 Å². The average molecular weight is 386 g/mol. The first-order chi connectivity index (χ1) is 13.5. The molecule has 6 heteroatoms. The molecule has 0 saturated heterocycles. The smallest absolute Gasteiger partial charge is 0.338 e. The molecular formula is C22H26O6. The Labute approximate surface area is 165 Å². The molecule has 0 aliphatic carbocycles. The van der Waals surface area contributed by atoms with Crippen molar-refractivity contribution in [3.8, 4) is 17.2 Å². The summed E-state index contributed by atoms with van der Waals surface area (Å²) in [6.45, 7) is 6.07. The van der Waals surface area contributed by atoms with Gasteiger partial charge in [-0.05, 0) is 56.7 Å². The number of rotatable bonds is 10. The first-order valence-corrected chi connectivity index (χ1v) is 9.36. The highest BCUT2D eigenvalue weighted by atomic mass is 16.5. The molecular weight excluding hydrogens is 360 g/mol. The second kappa shape index (κ2) is 10.3. The van der Waals surface area contributed by atoms with Crippen molar-refractivity contribution in [3.05, 3.63) is 53.1 Å². The van der Waals surface area contributed by atoms with E-state index < -0.39 is 0 Å². The van der Waals surface area contributed by atoms with Crippen LogP contribution in [0.1, 0.15) is 53.5 Å². The van der Waals surface area contributed by atoms with Crippen LogP contribution in [0.3, 0.4) is 0 Å². The van der Waals surface area contributed by atoms with Crippen molar-refractivity contribution in [2.75, 3.05) is 19.8 Å². The third-order valence-corrected chi connectivity index (χ3v) is 4.09. The second-order valence-corrected chi connectivity index (χ2v) is 6.19. The molecule has 28 heavy (non-hydrogen) atoms. The van der Waals surface area contributed by atoms with Crippen molar-refractivity contribution in [1.29, 1.82) is 0 Å². The summed E-state index contributed by atoms with van der Waals surface area (Å²) >= 11 is 0. The third kappa shape index (κ3) is 5.49. The number of phenolic OH excluding ortho intramolecular Hbond substituents is 1. The van der Waals surface area contributed by atoms with Gasteiger partial charge in [0.25, 0.3) is 0 Å². The zero-order valence-corrected chi connectivity index (χ0v) is 16.5. The van der Waals surface area contributed by atoms with Gasteiger partial charge in [-0.1, -0.05) is 13.3 Å². The van der Waals surface area contributed by atoms with Gasteiger partial charge < -0.3 is 19.3 Å². The lowest BCUT2D eigenvalue weighted by atomic mass is 10.0. The summed E-state index contributed by atoms with van der Waals surface area (Å²) in [5, 5.41) is 10.3. The van der Waals surface area contributed by atoms with E-state index in [1.807, 2.05) is 6.92 Å². The van der Waals surface area contributed by atoms with Gasteiger partial charge in [0.05, 0.1) is 17.7 Å². The Morgan fingerprint density at radius 1 is 0.964 bits per heavy atom. The summed E-state index contributed by atoms with van der Waals surface area (Å²) in [5.74, 6) is 0.596. The largest absolute Gasteiger partial charge is 0.507 e. The number of phenols is 1. The quantitative estimate of drug-likeness (QED) is 0.375. The van der Waals surface area contributed by atoms with Gasteiger partial charge in [-0.25, -0.2) is 4.79 Å². The number of hydrogen-bond acceptors (Lipinski definition) is 6. The van der Waals surface area contributed by atoms with Gasteiger partial charge in [0.15, 0.2) is 5.78 Å². The minimum atomic E-state index is -0.366. The van der Waals surface area contributed by atoms with Crippen LogP contribution in [-0.2, 0) is 11.2 Å². The molecule has 150 valence electrons. The van der Waals surface area contributed by atoms with Gasteiger partial charge in [0.1, 0.15) is 30.5 Å². The molecule has 0 atom stereocenters. The highest BCUT2D eigenvalue weighted by molar-refractivity contribution is 5.97. The number of ether oxygens (including phenoxy) is 3. The van der Waals surface area contributed by atoms with Crippen molar-refractivity contribution in [3.63, 3.8) is 0 Å². The predicted molar refractivity (Wildman–Crippen MR) is 105 cm³/mol. The standard InChI is InChI=1S/C22H26O6/c1-4-6-19-20(12-11-18(15(3)23)21(19)24)28-14-13-27-17-9-7-16(8-10-17)22(25)26-5-2/h7-12,24H,4-6,13-14H2,1-3H3. The number of aromatic hydroxyl groups is 1. The SMILES string of the molecule is CCCc1c(OCCOc2ccc(C(=O)OCC)cc2)ccc(C(C)=O)c1O. The third-order valence-electron chi connectivity index (χ3n) is 4.09. The molecule has 0 bridgehead atoms. The van der Waals surface area contributed by atoms with Crippen LogP contribution in [0.4, 0.5) is 0 Å². The van der Waals surface area contributed by atoms with E-state index in [9.17, 15) is 14.7 Å². The number of esters is 1. The maximum absolute atomic E-state index is 11.6. The van der Waals surface area contributed by atoms with Crippen molar-refractivity contribution >= 4 is 11.8 Å². The highest BCUT2D eigenvalue weighted by Gasteiger charge is 2.15. The Kier molecular flexibility index (Phi) is 7.87. The second-order valence-electron chi connectivity index (χ2n) is 6.19. The van der Waals surface area contributed by atoms with Crippen LogP contribution in [0.5, 0.6) is 17.2 Å². The molecule has 0 heterocycles. The predicted octanol–water partition coefficient (Wildman–Crippen LogP) is 4.18. The van der Waals surface area contributed by atoms with Crippen molar-refractivity contribution in [2.24, 2.45) is 0 Å². The van der Waals surface area contributed by atoms with Crippen LogP contribution >= 0.6 is 0 Å². The molecule has 0 aliphatic rings. The molecule has 0 saturated carbocycles. The maximum Gasteiger partial charge on any atom is 0.338 e. The molecule has 0 aromatic heterocycles. The van der Waals surface area contributed by atoms with Crippen LogP contribution in [0, 0.1) is 0 Å². The van der Waals surface area contributed by atoms with Crippen LogP contribution in [0.15, 0.2) is 36.4 Å². The molecule has 0 amide bonds. The summed E-state index contributed by atoms with van der Waals surface area (Å²) in [6, 6.07) is 9.96. The van der Waals surface area contributed by atoms with E-state index in [0.717, 1.165) is 6.42 Å². The van der Waals surface area contributed by atoms with E-state index in [2.05, 4.69) is 0 Å². The van der Waals surface area contributed by atoms with E-state index in [1.54, 1.807) is 43.3 Å². The Balaban J connectivity index is 1.93. The average Bonchev–Trinajstić information content (AvgIpc) is 2.68. The van der Waals surface area contributed by atoms with E-state index in [4.69, 9.17) is 14.2 Å². The summed E-state index contributed by atoms with van der Waals surface area (Å²) in [6.07, 6.45) is 1.42. The van der Waals surface area contributed by atoms with Crippen molar-refractivity contribution in [2.45, 2.75) is 33.6 Å². The summed E-state index contributed by atoms with van der Waals surface area (Å²) in [7, 11) is 0. The normalized spacial score (nSPS) is 10.4. The topological polar surface area (TPSA) is 82.1 Å². The molecule has 0 radical (unpaired) electrons. The number of hydrogen-bond donors (Lipinski definition) is 1. The first-order valence-electron chi connectivity index (χ1n) is 9.36. The van der Waals surface area contributed by atoms with Crippen LogP contribution in [0.2, 0.25) is 0 Å². The van der Waals surface area contributed by atoms with Gasteiger partial charge in [-0.2, -0.15) is 0 Å². The van der Waals surface area contributed by atoms with Gasteiger partial charge in [-0.3, -0.25) is 4.79 Å². The number of carbonyl (C=O) groups excluding carboxylic acids is 2. The number of Topliss-reactive ketones (excluding diaryl/α,β-unsaturated/α-hetero) is 1. The summed E-state index contributed by atoms with van der Waals surface area (Å²) in [5.41, 5.74) is 1.40. The zero-order chi connectivity index (χ0) is 20.5. The van der Waals surface area contributed by atoms with Gasteiger partial charge in [0.2, 0.25) is 0 Å². The first kappa shape index (κ1) is 21.3. The number of benzene rings is 2. The molecule has 2 aromatic rings.